The number of rotatable bonds is 3. The number of hydrogen-bond donors (Lipinski definition) is 2. The van der Waals surface area contributed by atoms with E-state index in [4.69, 9.17) is 11.1 Å². The first-order valence-electron chi connectivity index (χ1n) is 5.02. The number of benzene rings is 1. The second-order valence-electron chi connectivity index (χ2n) is 4.60. The van der Waals surface area contributed by atoms with Crippen LogP contribution in [0.5, 0.6) is 0 Å². The molecule has 2 heteroatoms. The molecule has 0 unspecified atom stereocenters. The maximum Gasteiger partial charge on any atom is 0.0405 e. The van der Waals surface area contributed by atoms with Crippen LogP contribution in [-0.4, -0.2) is 6.21 Å². The molecule has 1 aromatic carbocycles. The topological polar surface area (TPSA) is 49.9 Å². The first-order valence-corrected chi connectivity index (χ1v) is 5.02. The fourth-order valence-electron chi connectivity index (χ4n) is 1.75. The summed E-state index contributed by atoms with van der Waals surface area (Å²) in [7, 11) is 0. The lowest BCUT2D eigenvalue weighted by molar-refractivity contribution is 0.570. The highest BCUT2D eigenvalue weighted by Crippen LogP contribution is 2.47. The Kier molecular flexibility index (Phi) is 2.06. The Hall–Kier alpha value is -1.31. The van der Waals surface area contributed by atoms with Crippen LogP contribution >= 0.6 is 0 Å². The SMILES string of the molecule is CC1(Cc2ccc(C=N)c(N)c2)CC1. The maximum atomic E-state index is 7.14. The van der Waals surface area contributed by atoms with Crippen molar-refractivity contribution >= 4 is 11.9 Å². The Labute approximate surface area is 84.6 Å². The Balaban J connectivity index is 2.19. The number of nitrogen functional groups attached to an aromatic ring is 1. The number of nitrogens with one attached hydrogen (secondary N) is 1. The monoisotopic (exact) mass is 188 g/mol. The van der Waals surface area contributed by atoms with Crippen LogP contribution in [0.2, 0.25) is 0 Å². The normalized spacial score (nSPS) is 17.8. The Morgan fingerprint density at radius 3 is 2.71 bits per heavy atom. The van der Waals surface area contributed by atoms with Crippen molar-refractivity contribution in [1.29, 1.82) is 5.41 Å². The predicted octanol–water partition coefficient (Wildman–Crippen LogP) is 2.61. The van der Waals surface area contributed by atoms with Crippen molar-refractivity contribution in [2.45, 2.75) is 26.2 Å². The summed E-state index contributed by atoms with van der Waals surface area (Å²) < 4.78 is 0. The summed E-state index contributed by atoms with van der Waals surface area (Å²) in [4.78, 5) is 0. The molecule has 1 fully saturated rings. The number of hydrogen-bond acceptors (Lipinski definition) is 2. The van der Waals surface area contributed by atoms with Gasteiger partial charge in [-0.15, -0.1) is 0 Å². The smallest absolute Gasteiger partial charge is 0.0405 e. The lowest BCUT2D eigenvalue weighted by atomic mass is 9.97. The Bertz CT molecular complexity index is 365. The minimum Gasteiger partial charge on any atom is -0.398 e. The van der Waals surface area contributed by atoms with Crippen LogP contribution in [0.25, 0.3) is 0 Å². The van der Waals surface area contributed by atoms with Gasteiger partial charge in [0.25, 0.3) is 0 Å². The zero-order valence-corrected chi connectivity index (χ0v) is 8.51. The molecule has 1 aliphatic rings. The van der Waals surface area contributed by atoms with E-state index in [0.717, 1.165) is 17.7 Å². The average molecular weight is 188 g/mol. The van der Waals surface area contributed by atoms with E-state index in [0.29, 0.717) is 5.41 Å². The van der Waals surface area contributed by atoms with Crippen molar-refractivity contribution in [3.63, 3.8) is 0 Å². The standard InChI is InChI=1S/C12H16N2/c1-12(4-5-12)7-9-2-3-10(8-13)11(14)6-9/h2-3,6,8,13H,4-5,7,14H2,1H3. The van der Waals surface area contributed by atoms with Crippen LogP contribution in [0.3, 0.4) is 0 Å². The lowest BCUT2D eigenvalue weighted by Gasteiger charge is -2.09. The molecule has 14 heavy (non-hydrogen) atoms. The molecule has 2 nitrogen and oxygen atoms in total. The van der Waals surface area contributed by atoms with Crippen molar-refractivity contribution in [2.24, 2.45) is 5.41 Å². The second kappa shape index (κ2) is 3.12. The van der Waals surface area contributed by atoms with Gasteiger partial charge < -0.3 is 11.1 Å². The van der Waals surface area contributed by atoms with E-state index < -0.39 is 0 Å². The van der Waals surface area contributed by atoms with Crippen molar-refractivity contribution in [3.8, 4) is 0 Å². The van der Waals surface area contributed by atoms with Gasteiger partial charge in [-0.05, 0) is 36.3 Å². The van der Waals surface area contributed by atoms with Gasteiger partial charge in [0.2, 0.25) is 0 Å². The van der Waals surface area contributed by atoms with E-state index in [1.807, 2.05) is 12.1 Å². The van der Waals surface area contributed by atoms with Gasteiger partial charge in [-0.1, -0.05) is 19.1 Å². The molecular formula is C12H16N2. The lowest BCUT2D eigenvalue weighted by Crippen LogP contribution is -2.01. The fraction of sp³-hybridized carbons (Fsp3) is 0.417. The Morgan fingerprint density at radius 2 is 2.21 bits per heavy atom. The van der Waals surface area contributed by atoms with Crippen molar-refractivity contribution < 1.29 is 0 Å². The van der Waals surface area contributed by atoms with Gasteiger partial charge in [-0.2, -0.15) is 0 Å². The first kappa shape index (κ1) is 9.25. The third-order valence-electron chi connectivity index (χ3n) is 3.04. The highest BCUT2D eigenvalue weighted by atomic mass is 14.6. The summed E-state index contributed by atoms with van der Waals surface area (Å²) in [5.41, 5.74) is 9.18. The highest BCUT2D eigenvalue weighted by molar-refractivity contribution is 5.84. The quantitative estimate of drug-likeness (QED) is 0.556. The van der Waals surface area contributed by atoms with Crippen LogP contribution in [0.4, 0.5) is 5.69 Å². The van der Waals surface area contributed by atoms with Gasteiger partial charge in [-0.3, -0.25) is 0 Å². The van der Waals surface area contributed by atoms with Gasteiger partial charge in [0.15, 0.2) is 0 Å². The third kappa shape index (κ3) is 1.79. The van der Waals surface area contributed by atoms with Gasteiger partial charge in [0, 0.05) is 17.5 Å². The molecule has 2 rings (SSSR count). The van der Waals surface area contributed by atoms with Crippen LogP contribution in [-0.2, 0) is 6.42 Å². The molecule has 0 saturated heterocycles. The minimum atomic E-state index is 0.526. The van der Waals surface area contributed by atoms with E-state index in [-0.39, 0.29) is 0 Å². The molecule has 0 amide bonds. The third-order valence-corrected chi connectivity index (χ3v) is 3.04. The van der Waals surface area contributed by atoms with E-state index in [1.54, 1.807) is 0 Å². The molecule has 3 N–H and O–H groups in total. The second-order valence-corrected chi connectivity index (χ2v) is 4.60. The molecule has 1 aliphatic carbocycles. The highest BCUT2D eigenvalue weighted by Gasteiger charge is 2.36. The molecule has 0 spiro atoms. The Morgan fingerprint density at radius 1 is 1.50 bits per heavy atom. The number of anilines is 1. The molecule has 0 radical (unpaired) electrons. The minimum absolute atomic E-state index is 0.526. The zero-order chi connectivity index (χ0) is 10.2. The molecule has 0 atom stereocenters. The fourth-order valence-corrected chi connectivity index (χ4v) is 1.75. The van der Waals surface area contributed by atoms with E-state index >= 15 is 0 Å². The molecule has 1 aromatic rings. The van der Waals surface area contributed by atoms with Crippen molar-refractivity contribution in [3.05, 3.63) is 29.3 Å². The van der Waals surface area contributed by atoms with E-state index in [2.05, 4.69) is 13.0 Å². The van der Waals surface area contributed by atoms with Gasteiger partial charge >= 0.3 is 0 Å². The van der Waals surface area contributed by atoms with Gasteiger partial charge in [0.1, 0.15) is 0 Å². The molecule has 0 aliphatic heterocycles. The summed E-state index contributed by atoms with van der Waals surface area (Å²) in [5.74, 6) is 0. The average Bonchev–Trinajstić information content (AvgIpc) is 2.84. The maximum absolute atomic E-state index is 7.14. The predicted molar refractivity (Wildman–Crippen MR) is 59.8 cm³/mol. The summed E-state index contributed by atoms with van der Waals surface area (Å²) in [6, 6.07) is 6.02. The van der Waals surface area contributed by atoms with Crippen molar-refractivity contribution in [2.75, 3.05) is 5.73 Å². The number of nitrogens with two attached hydrogens (primary N) is 1. The van der Waals surface area contributed by atoms with Crippen LogP contribution in [0, 0.1) is 10.8 Å². The van der Waals surface area contributed by atoms with E-state index in [9.17, 15) is 0 Å². The molecule has 0 aromatic heterocycles. The molecule has 0 heterocycles. The summed E-state index contributed by atoms with van der Waals surface area (Å²) in [6.45, 7) is 2.31. The van der Waals surface area contributed by atoms with Crippen LogP contribution in [0.15, 0.2) is 18.2 Å². The molecular weight excluding hydrogens is 172 g/mol. The van der Waals surface area contributed by atoms with Crippen LogP contribution in [0.1, 0.15) is 30.9 Å². The summed E-state index contributed by atoms with van der Waals surface area (Å²) in [5, 5.41) is 7.14. The molecule has 74 valence electrons. The van der Waals surface area contributed by atoms with Crippen LogP contribution < -0.4 is 5.73 Å². The summed E-state index contributed by atoms with van der Waals surface area (Å²) in [6.07, 6.45) is 5.09. The molecule has 0 bridgehead atoms. The molecule has 1 saturated carbocycles. The van der Waals surface area contributed by atoms with Gasteiger partial charge in [-0.25, -0.2) is 0 Å². The zero-order valence-electron chi connectivity index (χ0n) is 8.51. The summed E-state index contributed by atoms with van der Waals surface area (Å²) >= 11 is 0. The first-order chi connectivity index (χ1) is 6.63. The van der Waals surface area contributed by atoms with E-state index in [1.165, 1.54) is 24.6 Å². The van der Waals surface area contributed by atoms with Gasteiger partial charge in [0.05, 0.1) is 0 Å². The van der Waals surface area contributed by atoms with Crippen molar-refractivity contribution in [1.82, 2.24) is 0 Å². The largest absolute Gasteiger partial charge is 0.398 e.